The molecule has 0 aromatic heterocycles. The van der Waals surface area contributed by atoms with Crippen molar-refractivity contribution >= 4 is 29.5 Å². The van der Waals surface area contributed by atoms with Crippen molar-refractivity contribution in [3.8, 4) is 17.2 Å². The Bertz CT molecular complexity index is 723. The molecule has 0 unspecified atom stereocenters. The van der Waals surface area contributed by atoms with Gasteiger partial charge in [0.2, 0.25) is 5.75 Å². The lowest BCUT2D eigenvalue weighted by Crippen LogP contribution is -2.20. The molecule has 0 radical (unpaired) electrons. The van der Waals surface area contributed by atoms with Crippen LogP contribution in [0.25, 0.3) is 0 Å². The van der Waals surface area contributed by atoms with Crippen LogP contribution >= 0.6 is 11.6 Å². The summed E-state index contributed by atoms with van der Waals surface area (Å²) in [7, 11) is 2.86. The van der Waals surface area contributed by atoms with Gasteiger partial charge >= 0.3 is 0 Å². The molecule has 2 aromatic rings. The Morgan fingerprint density at radius 2 is 1.79 bits per heavy atom. The molecule has 7 heteroatoms. The first-order chi connectivity index (χ1) is 11.6. The first-order valence-electron chi connectivity index (χ1n) is 6.97. The molecule has 0 fully saturated rings. The third kappa shape index (κ3) is 4.17. The second-order valence-electron chi connectivity index (χ2n) is 4.69. The fourth-order valence-corrected chi connectivity index (χ4v) is 2.18. The Balaban J connectivity index is 2.12. The van der Waals surface area contributed by atoms with Crippen LogP contribution in [0.4, 0.5) is 5.69 Å². The van der Waals surface area contributed by atoms with Crippen LogP contribution in [0.5, 0.6) is 17.2 Å². The summed E-state index contributed by atoms with van der Waals surface area (Å²) in [5, 5.41) is 3.07. The number of benzene rings is 2. The molecule has 0 spiro atoms. The van der Waals surface area contributed by atoms with Crippen LogP contribution in [0.1, 0.15) is 10.4 Å². The SMILES string of the molecule is COc1cc(C=O)cc(OC)c1OCC(=O)Nc1ccccc1Cl. The van der Waals surface area contributed by atoms with E-state index >= 15 is 0 Å². The van der Waals surface area contributed by atoms with Crippen LogP contribution in [0, 0.1) is 0 Å². The first-order valence-corrected chi connectivity index (χ1v) is 7.35. The van der Waals surface area contributed by atoms with Gasteiger partial charge in [-0.05, 0) is 24.3 Å². The number of anilines is 1. The number of hydrogen-bond acceptors (Lipinski definition) is 5. The van der Waals surface area contributed by atoms with Crippen molar-refractivity contribution in [3.05, 3.63) is 47.0 Å². The molecule has 0 aliphatic rings. The molecular formula is C17H16ClNO5. The Hall–Kier alpha value is -2.73. The lowest BCUT2D eigenvalue weighted by Gasteiger charge is -2.15. The zero-order valence-corrected chi connectivity index (χ0v) is 13.9. The van der Waals surface area contributed by atoms with Gasteiger partial charge in [0, 0.05) is 5.56 Å². The van der Waals surface area contributed by atoms with Gasteiger partial charge in [0.1, 0.15) is 6.29 Å². The van der Waals surface area contributed by atoms with E-state index < -0.39 is 5.91 Å². The molecule has 0 aliphatic carbocycles. The summed E-state index contributed by atoms with van der Waals surface area (Å²) < 4.78 is 15.9. The number of rotatable bonds is 7. The summed E-state index contributed by atoms with van der Waals surface area (Å²) >= 11 is 5.99. The van der Waals surface area contributed by atoms with Crippen molar-refractivity contribution in [1.29, 1.82) is 0 Å². The monoisotopic (exact) mass is 349 g/mol. The van der Waals surface area contributed by atoms with E-state index in [1.165, 1.54) is 26.4 Å². The summed E-state index contributed by atoms with van der Waals surface area (Å²) in [5.41, 5.74) is 0.861. The van der Waals surface area contributed by atoms with Gasteiger partial charge < -0.3 is 19.5 Å². The summed E-state index contributed by atoms with van der Waals surface area (Å²) in [4.78, 5) is 23.0. The van der Waals surface area contributed by atoms with Gasteiger partial charge in [0.25, 0.3) is 5.91 Å². The molecule has 0 saturated carbocycles. The van der Waals surface area contributed by atoms with Crippen LogP contribution in [0.2, 0.25) is 5.02 Å². The van der Waals surface area contributed by atoms with E-state index in [2.05, 4.69) is 5.32 Å². The number of nitrogens with one attached hydrogen (secondary N) is 1. The van der Waals surface area contributed by atoms with Gasteiger partial charge in [0.05, 0.1) is 24.9 Å². The quantitative estimate of drug-likeness (QED) is 0.777. The van der Waals surface area contributed by atoms with Gasteiger partial charge in [-0.1, -0.05) is 23.7 Å². The predicted molar refractivity (Wildman–Crippen MR) is 90.5 cm³/mol. The maximum atomic E-state index is 12.0. The van der Waals surface area contributed by atoms with Gasteiger partial charge in [-0.3, -0.25) is 9.59 Å². The Labute approximate surface area is 144 Å². The third-order valence-corrected chi connectivity index (χ3v) is 3.44. The largest absolute Gasteiger partial charge is 0.493 e. The molecule has 0 aliphatic heterocycles. The topological polar surface area (TPSA) is 73.9 Å². The second kappa shape index (κ2) is 8.21. The molecule has 6 nitrogen and oxygen atoms in total. The van der Waals surface area contributed by atoms with Crippen LogP contribution < -0.4 is 19.5 Å². The maximum Gasteiger partial charge on any atom is 0.262 e. The highest BCUT2D eigenvalue weighted by Crippen LogP contribution is 2.38. The number of para-hydroxylation sites is 1. The fourth-order valence-electron chi connectivity index (χ4n) is 2.00. The first kappa shape index (κ1) is 17.6. The van der Waals surface area contributed by atoms with E-state index in [0.29, 0.717) is 34.1 Å². The lowest BCUT2D eigenvalue weighted by atomic mass is 10.2. The molecule has 126 valence electrons. The number of ether oxygens (including phenoxy) is 3. The zero-order chi connectivity index (χ0) is 17.5. The Morgan fingerprint density at radius 1 is 1.17 bits per heavy atom. The van der Waals surface area contributed by atoms with E-state index in [0.717, 1.165) is 0 Å². The smallest absolute Gasteiger partial charge is 0.262 e. The average Bonchev–Trinajstić information content (AvgIpc) is 2.61. The molecule has 2 rings (SSSR count). The van der Waals surface area contributed by atoms with Crippen molar-refractivity contribution in [1.82, 2.24) is 0 Å². The van der Waals surface area contributed by atoms with E-state index in [9.17, 15) is 9.59 Å². The van der Waals surface area contributed by atoms with E-state index in [1.54, 1.807) is 24.3 Å². The molecule has 1 N–H and O–H groups in total. The normalized spacial score (nSPS) is 9.96. The lowest BCUT2D eigenvalue weighted by molar-refractivity contribution is -0.118. The summed E-state index contributed by atoms with van der Waals surface area (Å²) in [6.07, 6.45) is 0.666. The Morgan fingerprint density at radius 3 is 2.33 bits per heavy atom. The zero-order valence-electron chi connectivity index (χ0n) is 13.2. The minimum absolute atomic E-state index is 0.236. The van der Waals surface area contributed by atoms with Crippen molar-refractivity contribution in [3.63, 3.8) is 0 Å². The minimum atomic E-state index is -0.397. The van der Waals surface area contributed by atoms with Crippen molar-refractivity contribution < 1.29 is 23.8 Å². The minimum Gasteiger partial charge on any atom is -0.493 e. The molecule has 1 amide bonds. The number of hydrogen-bond donors (Lipinski definition) is 1. The molecule has 24 heavy (non-hydrogen) atoms. The Kier molecular flexibility index (Phi) is 6.03. The van der Waals surface area contributed by atoms with Crippen LogP contribution in [-0.2, 0) is 4.79 Å². The second-order valence-corrected chi connectivity index (χ2v) is 5.10. The fraction of sp³-hybridized carbons (Fsp3) is 0.176. The maximum absolute atomic E-state index is 12.0. The molecular weight excluding hydrogens is 334 g/mol. The number of amides is 1. The number of carbonyl (C=O) groups excluding carboxylic acids is 2. The van der Waals surface area contributed by atoms with E-state index in [1.807, 2.05) is 0 Å². The molecule has 0 bridgehead atoms. The highest BCUT2D eigenvalue weighted by molar-refractivity contribution is 6.33. The van der Waals surface area contributed by atoms with Crippen molar-refractivity contribution in [2.45, 2.75) is 0 Å². The summed E-state index contributed by atoms with van der Waals surface area (Å²) in [5.74, 6) is 0.426. The van der Waals surface area contributed by atoms with Gasteiger partial charge in [-0.2, -0.15) is 0 Å². The molecule has 0 atom stereocenters. The number of carbonyl (C=O) groups is 2. The molecule has 0 heterocycles. The van der Waals surface area contributed by atoms with Crippen LogP contribution in [0.15, 0.2) is 36.4 Å². The van der Waals surface area contributed by atoms with Gasteiger partial charge in [-0.15, -0.1) is 0 Å². The van der Waals surface area contributed by atoms with Gasteiger partial charge in [-0.25, -0.2) is 0 Å². The van der Waals surface area contributed by atoms with Crippen molar-refractivity contribution in [2.24, 2.45) is 0 Å². The summed E-state index contributed by atoms with van der Waals surface area (Å²) in [6, 6.07) is 9.86. The predicted octanol–water partition coefficient (Wildman–Crippen LogP) is 3.19. The molecule has 2 aromatic carbocycles. The number of methoxy groups -OCH3 is 2. The average molecular weight is 350 g/mol. The number of halogens is 1. The van der Waals surface area contributed by atoms with Crippen molar-refractivity contribution in [2.75, 3.05) is 26.1 Å². The van der Waals surface area contributed by atoms with E-state index in [4.69, 9.17) is 25.8 Å². The highest BCUT2D eigenvalue weighted by atomic mass is 35.5. The standard InChI is InChI=1S/C17H16ClNO5/c1-22-14-7-11(9-20)8-15(23-2)17(14)24-10-16(21)19-13-6-4-3-5-12(13)18/h3-9H,10H2,1-2H3,(H,19,21). The van der Waals surface area contributed by atoms with Crippen LogP contribution in [-0.4, -0.2) is 33.0 Å². The van der Waals surface area contributed by atoms with Crippen LogP contribution in [0.3, 0.4) is 0 Å². The van der Waals surface area contributed by atoms with Gasteiger partial charge in [0.15, 0.2) is 18.1 Å². The third-order valence-electron chi connectivity index (χ3n) is 3.11. The summed E-state index contributed by atoms with van der Waals surface area (Å²) in [6.45, 7) is -0.279. The highest BCUT2D eigenvalue weighted by Gasteiger charge is 2.16. The number of aldehydes is 1. The van der Waals surface area contributed by atoms with E-state index in [-0.39, 0.29) is 12.4 Å². The molecule has 0 saturated heterocycles.